The van der Waals surface area contributed by atoms with Gasteiger partial charge in [0.2, 0.25) is 11.9 Å². The Labute approximate surface area is 165 Å². The minimum atomic E-state index is -0.247. The minimum absolute atomic E-state index is 0.0475. The molecule has 28 heavy (non-hydrogen) atoms. The molecule has 2 aromatic heterocycles. The Kier molecular flexibility index (Phi) is 8.19. The van der Waals surface area contributed by atoms with Gasteiger partial charge in [-0.1, -0.05) is 19.8 Å². The van der Waals surface area contributed by atoms with Gasteiger partial charge in [-0.15, -0.1) is 0 Å². The van der Waals surface area contributed by atoms with Crippen molar-refractivity contribution in [2.24, 2.45) is 7.05 Å². The Morgan fingerprint density at radius 1 is 1.39 bits per heavy atom. The van der Waals surface area contributed by atoms with Crippen LogP contribution in [0.25, 0.3) is 0 Å². The molecule has 2 rings (SSSR count). The fraction of sp³-hybridized carbons (Fsp3) is 0.579. The summed E-state index contributed by atoms with van der Waals surface area (Å²) >= 11 is 0. The first-order chi connectivity index (χ1) is 13.4. The quantitative estimate of drug-likeness (QED) is 0.540. The minimum Gasteiger partial charge on any atom is -0.482 e. The molecule has 0 aliphatic carbocycles. The van der Waals surface area contributed by atoms with Crippen molar-refractivity contribution in [3.63, 3.8) is 0 Å². The molecule has 0 aromatic carbocycles. The second-order valence-electron chi connectivity index (χ2n) is 6.77. The summed E-state index contributed by atoms with van der Waals surface area (Å²) in [6.07, 6.45) is 5.13. The number of nitrogens with one attached hydrogen (secondary N) is 2. The Hall–Kier alpha value is -2.68. The third kappa shape index (κ3) is 6.49. The Morgan fingerprint density at radius 3 is 2.79 bits per heavy atom. The van der Waals surface area contributed by atoms with Crippen molar-refractivity contribution in [2.75, 3.05) is 17.2 Å². The van der Waals surface area contributed by atoms with Gasteiger partial charge in [0.15, 0.2) is 11.6 Å². The van der Waals surface area contributed by atoms with Gasteiger partial charge >= 0.3 is 0 Å². The van der Waals surface area contributed by atoms with E-state index in [1.807, 2.05) is 20.0 Å². The van der Waals surface area contributed by atoms with Crippen molar-refractivity contribution in [1.82, 2.24) is 19.7 Å². The maximum Gasteiger partial charge on any atom is 0.231 e. The molecule has 9 heteroatoms. The maximum atomic E-state index is 11.3. The number of aryl methyl sites for hydroxylation is 2. The van der Waals surface area contributed by atoms with Gasteiger partial charge in [0, 0.05) is 26.6 Å². The lowest BCUT2D eigenvalue weighted by Gasteiger charge is -2.20. The van der Waals surface area contributed by atoms with E-state index in [1.165, 1.54) is 6.92 Å². The Bertz CT molecular complexity index is 777. The fourth-order valence-corrected chi connectivity index (χ4v) is 2.84. The zero-order valence-electron chi connectivity index (χ0n) is 17.0. The topological polar surface area (TPSA) is 114 Å². The zero-order valence-corrected chi connectivity index (χ0v) is 17.0. The number of amides is 1. The molecule has 1 amide bonds. The number of hydrogen-bond donors (Lipinski definition) is 3. The van der Waals surface area contributed by atoms with Gasteiger partial charge in [-0.05, 0) is 25.8 Å². The summed E-state index contributed by atoms with van der Waals surface area (Å²) in [5, 5.41) is 19.6. The molecule has 154 valence electrons. The van der Waals surface area contributed by atoms with E-state index in [0.717, 1.165) is 30.7 Å². The lowest BCUT2D eigenvalue weighted by Crippen LogP contribution is -2.23. The Morgan fingerprint density at radius 2 is 2.18 bits per heavy atom. The van der Waals surface area contributed by atoms with Crippen molar-refractivity contribution in [2.45, 2.75) is 59.1 Å². The van der Waals surface area contributed by atoms with E-state index in [4.69, 9.17) is 4.74 Å². The predicted octanol–water partition coefficient (Wildman–Crippen LogP) is 2.41. The summed E-state index contributed by atoms with van der Waals surface area (Å²) in [5.41, 5.74) is 1.84. The number of ether oxygens (including phenoxy) is 1. The van der Waals surface area contributed by atoms with E-state index >= 15 is 0 Å². The third-order valence-electron chi connectivity index (χ3n) is 4.24. The highest BCUT2D eigenvalue weighted by Gasteiger charge is 2.15. The van der Waals surface area contributed by atoms with Crippen LogP contribution in [0.3, 0.4) is 0 Å². The first kappa shape index (κ1) is 21.6. The van der Waals surface area contributed by atoms with Gasteiger partial charge in [0.1, 0.15) is 6.61 Å². The van der Waals surface area contributed by atoms with Crippen molar-refractivity contribution in [3.05, 3.63) is 23.7 Å². The third-order valence-corrected chi connectivity index (χ3v) is 4.24. The predicted molar refractivity (Wildman–Crippen MR) is 107 cm³/mol. The molecule has 2 heterocycles. The summed E-state index contributed by atoms with van der Waals surface area (Å²) in [4.78, 5) is 19.9. The molecule has 0 spiro atoms. The number of carbonyl (C=O) groups is 1. The molecule has 0 saturated carbocycles. The average Bonchev–Trinajstić information content (AvgIpc) is 2.96. The highest BCUT2D eigenvalue weighted by atomic mass is 16.5. The molecule has 0 aliphatic rings. The van der Waals surface area contributed by atoms with E-state index < -0.39 is 0 Å². The smallest absolute Gasteiger partial charge is 0.231 e. The van der Waals surface area contributed by atoms with Crippen LogP contribution in [0.4, 0.5) is 11.8 Å². The van der Waals surface area contributed by atoms with E-state index in [9.17, 15) is 9.90 Å². The lowest BCUT2D eigenvalue weighted by molar-refractivity contribution is -0.114. The molecule has 9 nitrogen and oxygen atoms in total. The Balaban J connectivity index is 2.21. The molecule has 1 atom stereocenters. The van der Waals surface area contributed by atoms with Crippen LogP contribution in [-0.2, 0) is 18.4 Å². The van der Waals surface area contributed by atoms with Gasteiger partial charge in [0.25, 0.3) is 0 Å². The van der Waals surface area contributed by atoms with E-state index in [0.29, 0.717) is 24.6 Å². The number of aliphatic hydroxyl groups excluding tert-OH is 1. The second kappa shape index (κ2) is 10.6. The second-order valence-corrected chi connectivity index (χ2v) is 6.77. The number of carbonyl (C=O) groups excluding carboxylic acids is 1. The number of rotatable bonds is 11. The van der Waals surface area contributed by atoms with Crippen LogP contribution >= 0.6 is 0 Å². The van der Waals surface area contributed by atoms with E-state index in [1.54, 1.807) is 10.9 Å². The van der Waals surface area contributed by atoms with Crippen LogP contribution in [0.5, 0.6) is 5.75 Å². The van der Waals surface area contributed by atoms with Crippen molar-refractivity contribution in [1.29, 1.82) is 0 Å². The monoisotopic (exact) mass is 390 g/mol. The number of hydrogen-bond acceptors (Lipinski definition) is 7. The highest BCUT2D eigenvalue weighted by Crippen LogP contribution is 2.26. The van der Waals surface area contributed by atoms with Crippen molar-refractivity contribution in [3.8, 4) is 5.75 Å². The molecule has 0 radical (unpaired) electrons. The van der Waals surface area contributed by atoms with Crippen LogP contribution in [0.2, 0.25) is 0 Å². The van der Waals surface area contributed by atoms with Gasteiger partial charge in [-0.25, -0.2) is 4.98 Å². The number of anilines is 2. The summed E-state index contributed by atoms with van der Waals surface area (Å²) in [6.45, 7) is 5.85. The molecule has 0 bridgehead atoms. The normalized spacial score (nSPS) is 11.9. The van der Waals surface area contributed by atoms with Gasteiger partial charge in [0.05, 0.1) is 17.6 Å². The van der Waals surface area contributed by atoms with Crippen molar-refractivity contribution < 1.29 is 14.6 Å². The molecule has 2 aromatic rings. The van der Waals surface area contributed by atoms with E-state index in [-0.39, 0.29) is 24.5 Å². The number of nitrogens with zero attached hydrogens (tertiary/aromatic N) is 4. The highest BCUT2D eigenvalue weighted by molar-refractivity contribution is 5.86. The SMILES string of the molecule is CCCC[C@@H](CCO)Nc1nc(NC(C)=O)ncc1OCc1cc(C)nn1C. The van der Waals surface area contributed by atoms with Crippen LogP contribution in [0, 0.1) is 6.92 Å². The van der Waals surface area contributed by atoms with Crippen LogP contribution in [0.1, 0.15) is 50.9 Å². The van der Waals surface area contributed by atoms with Gasteiger partial charge in [-0.3, -0.25) is 14.8 Å². The largest absolute Gasteiger partial charge is 0.482 e. The standard InChI is InChI=1S/C19H30N6O3/c1-5-6-7-15(8-9-26)22-18-17(11-20-19(23-18)21-14(3)27)28-12-16-10-13(2)24-25(16)4/h10-11,15,26H,5-9,12H2,1-4H3,(H2,20,21,22,23,27)/t15-/m0/s1. The molecule has 0 saturated heterocycles. The average molecular weight is 390 g/mol. The van der Waals surface area contributed by atoms with Crippen molar-refractivity contribution >= 4 is 17.7 Å². The maximum absolute atomic E-state index is 11.3. The number of aliphatic hydroxyl groups is 1. The summed E-state index contributed by atoms with van der Waals surface area (Å²) in [6, 6.07) is 2.00. The molecule has 0 aliphatic heterocycles. The molecule has 0 fully saturated rings. The van der Waals surface area contributed by atoms with Crippen LogP contribution in [-0.4, -0.2) is 43.4 Å². The summed E-state index contributed by atoms with van der Waals surface area (Å²) < 4.78 is 7.71. The molecular formula is C19H30N6O3. The molecule has 3 N–H and O–H groups in total. The number of aromatic nitrogens is 4. The van der Waals surface area contributed by atoms with E-state index in [2.05, 4.69) is 32.6 Å². The van der Waals surface area contributed by atoms with Crippen LogP contribution in [0.15, 0.2) is 12.3 Å². The van der Waals surface area contributed by atoms with Gasteiger partial charge < -0.3 is 15.2 Å². The molecular weight excluding hydrogens is 360 g/mol. The van der Waals surface area contributed by atoms with Gasteiger partial charge in [-0.2, -0.15) is 10.1 Å². The molecule has 0 unspecified atom stereocenters. The zero-order chi connectivity index (χ0) is 20.5. The summed E-state index contributed by atoms with van der Waals surface area (Å²) in [7, 11) is 1.86. The lowest BCUT2D eigenvalue weighted by atomic mass is 10.1. The first-order valence-corrected chi connectivity index (χ1v) is 9.57. The fourth-order valence-electron chi connectivity index (χ4n) is 2.84. The summed E-state index contributed by atoms with van der Waals surface area (Å²) in [5.74, 6) is 0.930. The number of unbranched alkanes of at least 4 members (excludes halogenated alkanes) is 1. The van der Waals surface area contributed by atoms with Crippen LogP contribution < -0.4 is 15.4 Å². The first-order valence-electron chi connectivity index (χ1n) is 9.57.